The minimum Gasteiger partial charge on any atom is -0.457 e. The molecule has 0 aliphatic carbocycles. The van der Waals surface area contributed by atoms with Crippen molar-refractivity contribution in [3.63, 3.8) is 0 Å². The van der Waals surface area contributed by atoms with Gasteiger partial charge in [-0.1, -0.05) is 48.5 Å². The van der Waals surface area contributed by atoms with Crippen molar-refractivity contribution < 1.29 is 14.6 Å². The van der Waals surface area contributed by atoms with E-state index in [9.17, 15) is 9.90 Å². The van der Waals surface area contributed by atoms with Crippen LogP contribution < -0.4 is 4.74 Å². The number of likely N-dealkylation sites (tertiary alicyclic amines) is 1. The van der Waals surface area contributed by atoms with E-state index in [0.29, 0.717) is 37.2 Å². The predicted molar refractivity (Wildman–Crippen MR) is 118 cm³/mol. The molecule has 4 nitrogen and oxygen atoms in total. The molecule has 1 aliphatic rings. The van der Waals surface area contributed by atoms with Crippen LogP contribution in [0, 0.1) is 0 Å². The maximum Gasteiger partial charge on any atom is 0.179 e. The Kier molecular flexibility index (Phi) is 5.98. The van der Waals surface area contributed by atoms with E-state index in [1.165, 1.54) is 0 Å². The zero-order valence-electron chi connectivity index (χ0n) is 17.2. The molecule has 1 heterocycles. The summed E-state index contributed by atoms with van der Waals surface area (Å²) < 4.78 is 5.81. The van der Waals surface area contributed by atoms with Gasteiger partial charge in [-0.3, -0.25) is 9.69 Å². The summed E-state index contributed by atoms with van der Waals surface area (Å²) >= 11 is 0. The Morgan fingerprint density at radius 2 is 1.40 bits per heavy atom. The highest BCUT2D eigenvalue weighted by atomic mass is 16.5. The van der Waals surface area contributed by atoms with Crippen molar-refractivity contribution in [1.82, 2.24) is 4.90 Å². The molecule has 0 amide bonds. The highest BCUT2D eigenvalue weighted by Crippen LogP contribution is 2.33. The van der Waals surface area contributed by atoms with Gasteiger partial charge in [-0.15, -0.1) is 0 Å². The number of piperidine rings is 1. The Labute approximate surface area is 177 Å². The summed E-state index contributed by atoms with van der Waals surface area (Å²) in [5.41, 5.74) is 0.821. The van der Waals surface area contributed by atoms with Crippen LogP contribution in [-0.2, 0) is 5.60 Å². The molecule has 1 atom stereocenters. The van der Waals surface area contributed by atoms with Crippen LogP contribution in [0.15, 0.2) is 84.9 Å². The summed E-state index contributed by atoms with van der Waals surface area (Å²) in [5.74, 6) is 1.56. The number of benzene rings is 3. The lowest BCUT2D eigenvalue weighted by Gasteiger charge is -2.40. The highest BCUT2D eigenvalue weighted by Gasteiger charge is 2.36. The monoisotopic (exact) mass is 401 g/mol. The third-order valence-corrected chi connectivity index (χ3v) is 5.98. The van der Waals surface area contributed by atoms with Gasteiger partial charge >= 0.3 is 0 Å². The number of hydrogen-bond donors (Lipinski definition) is 1. The summed E-state index contributed by atoms with van der Waals surface area (Å²) in [4.78, 5) is 15.2. The molecule has 30 heavy (non-hydrogen) atoms. The minimum absolute atomic E-state index is 0.0893. The molecule has 0 saturated carbocycles. The van der Waals surface area contributed by atoms with Gasteiger partial charge in [-0.25, -0.2) is 0 Å². The summed E-state index contributed by atoms with van der Waals surface area (Å²) in [6.45, 7) is 3.32. The second-order valence-corrected chi connectivity index (χ2v) is 7.91. The largest absolute Gasteiger partial charge is 0.457 e. The summed E-state index contributed by atoms with van der Waals surface area (Å²) in [5, 5.41) is 11.0. The van der Waals surface area contributed by atoms with Gasteiger partial charge in [0.15, 0.2) is 5.78 Å². The Morgan fingerprint density at radius 1 is 0.867 bits per heavy atom. The minimum atomic E-state index is -0.809. The summed E-state index contributed by atoms with van der Waals surface area (Å²) in [6.07, 6.45) is 1.25. The van der Waals surface area contributed by atoms with E-state index in [1.54, 1.807) is 0 Å². The van der Waals surface area contributed by atoms with Crippen molar-refractivity contribution in [1.29, 1.82) is 0 Å². The molecule has 0 bridgehead atoms. The van der Waals surface area contributed by atoms with Crippen molar-refractivity contribution in [2.75, 3.05) is 13.1 Å². The molecule has 1 fully saturated rings. The zero-order valence-corrected chi connectivity index (χ0v) is 17.2. The Morgan fingerprint density at radius 3 is 2.00 bits per heavy atom. The lowest BCUT2D eigenvalue weighted by atomic mass is 9.84. The van der Waals surface area contributed by atoms with Crippen molar-refractivity contribution in [3.8, 4) is 11.5 Å². The zero-order chi connectivity index (χ0) is 21.0. The molecule has 0 aromatic heterocycles. The standard InChI is InChI=1S/C26H27NO3/c1-20(27-18-16-26(29,17-19-27)22-8-4-2-5-9-22)25(28)21-12-14-24(15-13-21)30-23-10-6-3-7-11-23/h2-15,20,29H,16-19H2,1H3. The van der Waals surface area contributed by atoms with Crippen LogP contribution >= 0.6 is 0 Å². The maximum absolute atomic E-state index is 13.0. The highest BCUT2D eigenvalue weighted by molar-refractivity contribution is 5.99. The molecular weight excluding hydrogens is 374 g/mol. The van der Waals surface area contributed by atoms with E-state index in [2.05, 4.69) is 4.90 Å². The number of nitrogens with zero attached hydrogens (tertiary/aromatic N) is 1. The third-order valence-electron chi connectivity index (χ3n) is 5.98. The van der Waals surface area contributed by atoms with Gasteiger partial charge in [0.05, 0.1) is 11.6 Å². The first-order valence-electron chi connectivity index (χ1n) is 10.4. The van der Waals surface area contributed by atoms with Crippen molar-refractivity contribution >= 4 is 5.78 Å². The van der Waals surface area contributed by atoms with Gasteiger partial charge < -0.3 is 9.84 Å². The van der Waals surface area contributed by atoms with Crippen molar-refractivity contribution in [3.05, 3.63) is 96.1 Å². The Hall–Kier alpha value is -2.95. The number of carbonyl (C=O) groups excluding carboxylic acids is 1. The third kappa shape index (κ3) is 4.45. The number of ether oxygens (including phenoxy) is 1. The average Bonchev–Trinajstić information content (AvgIpc) is 2.80. The Bertz CT molecular complexity index is 962. The SMILES string of the molecule is CC(C(=O)c1ccc(Oc2ccccc2)cc1)N1CCC(O)(c2ccccc2)CC1. The molecule has 1 aliphatic heterocycles. The lowest BCUT2D eigenvalue weighted by molar-refractivity contribution is -0.0318. The van der Waals surface area contributed by atoms with Crippen LogP contribution in [0.25, 0.3) is 0 Å². The van der Waals surface area contributed by atoms with Crippen molar-refractivity contribution in [2.45, 2.75) is 31.4 Å². The van der Waals surface area contributed by atoms with Crippen LogP contribution in [0.3, 0.4) is 0 Å². The maximum atomic E-state index is 13.0. The predicted octanol–water partition coefficient (Wildman–Crippen LogP) is 5.03. The van der Waals surface area contributed by atoms with Crippen LogP contribution in [0.5, 0.6) is 11.5 Å². The fraction of sp³-hybridized carbons (Fsp3) is 0.269. The number of carbonyl (C=O) groups is 1. The topological polar surface area (TPSA) is 49.8 Å². The van der Waals surface area contributed by atoms with E-state index in [0.717, 1.165) is 11.3 Å². The van der Waals surface area contributed by atoms with Crippen molar-refractivity contribution in [2.24, 2.45) is 0 Å². The normalized spacial score (nSPS) is 17.3. The summed E-state index contributed by atoms with van der Waals surface area (Å²) in [6, 6.07) is 26.5. The average molecular weight is 402 g/mol. The van der Waals surface area contributed by atoms with E-state index in [1.807, 2.05) is 91.9 Å². The molecular formula is C26H27NO3. The first-order chi connectivity index (χ1) is 14.5. The molecule has 0 spiro atoms. The fourth-order valence-corrected chi connectivity index (χ4v) is 4.04. The van der Waals surface area contributed by atoms with Crippen LogP contribution in [0.4, 0.5) is 0 Å². The molecule has 154 valence electrons. The first kappa shape index (κ1) is 20.3. The number of para-hydroxylation sites is 1. The number of ketones is 1. The van der Waals surface area contributed by atoms with Crippen LogP contribution in [0.2, 0.25) is 0 Å². The smallest absolute Gasteiger partial charge is 0.179 e. The molecule has 4 rings (SSSR count). The van der Waals surface area contributed by atoms with Crippen LogP contribution in [0.1, 0.15) is 35.7 Å². The fourth-order valence-electron chi connectivity index (χ4n) is 4.04. The molecule has 4 heteroatoms. The van der Waals surface area contributed by atoms with Crippen LogP contribution in [-0.4, -0.2) is 34.9 Å². The van der Waals surface area contributed by atoms with Gasteiger partial charge in [-0.2, -0.15) is 0 Å². The van der Waals surface area contributed by atoms with Gasteiger partial charge in [-0.05, 0) is 61.7 Å². The number of rotatable bonds is 6. The quantitative estimate of drug-likeness (QED) is 0.589. The second-order valence-electron chi connectivity index (χ2n) is 7.91. The number of Topliss-reactive ketones (excluding diaryl/α,β-unsaturated/α-hetero) is 1. The molecule has 0 radical (unpaired) electrons. The number of aliphatic hydroxyl groups is 1. The second kappa shape index (κ2) is 8.82. The summed E-state index contributed by atoms with van der Waals surface area (Å²) in [7, 11) is 0. The molecule has 1 N–H and O–H groups in total. The lowest BCUT2D eigenvalue weighted by Crippen LogP contribution is -2.48. The van der Waals surface area contributed by atoms with Gasteiger partial charge in [0.2, 0.25) is 0 Å². The van der Waals surface area contributed by atoms with E-state index < -0.39 is 5.60 Å². The first-order valence-corrected chi connectivity index (χ1v) is 10.4. The van der Waals surface area contributed by atoms with E-state index in [-0.39, 0.29) is 11.8 Å². The van der Waals surface area contributed by atoms with E-state index >= 15 is 0 Å². The molecule has 1 unspecified atom stereocenters. The Balaban J connectivity index is 1.37. The van der Waals surface area contributed by atoms with Gasteiger partial charge in [0.25, 0.3) is 0 Å². The van der Waals surface area contributed by atoms with E-state index in [4.69, 9.17) is 4.74 Å². The molecule has 3 aromatic carbocycles. The molecule has 1 saturated heterocycles. The molecule has 3 aromatic rings. The van der Waals surface area contributed by atoms with Gasteiger partial charge in [0.1, 0.15) is 11.5 Å². The van der Waals surface area contributed by atoms with Gasteiger partial charge in [0, 0.05) is 18.7 Å². The number of hydrogen-bond acceptors (Lipinski definition) is 4.